The highest BCUT2D eigenvalue weighted by atomic mass is 19.1. The van der Waals surface area contributed by atoms with Crippen molar-refractivity contribution in [1.29, 1.82) is 0 Å². The van der Waals surface area contributed by atoms with Gasteiger partial charge in [0.15, 0.2) is 0 Å². The van der Waals surface area contributed by atoms with Crippen molar-refractivity contribution < 1.29 is 13.5 Å². The van der Waals surface area contributed by atoms with Crippen LogP contribution in [-0.4, -0.2) is 0 Å². The summed E-state index contributed by atoms with van der Waals surface area (Å²) in [5.41, 5.74) is 4.46. The Labute approximate surface area is 176 Å². The predicted octanol–water partition coefficient (Wildman–Crippen LogP) is 6.51. The van der Waals surface area contributed by atoms with E-state index >= 15 is 0 Å². The molecule has 0 N–H and O–H groups in total. The van der Waals surface area contributed by atoms with E-state index in [2.05, 4.69) is 13.0 Å². The molecule has 0 bridgehead atoms. The first-order chi connectivity index (χ1) is 14.7. The summed E-state index contributed by atoms with van der Waals surface area (Å²) in [6.07, 6.45) is 9.55. The van der Waals surface area contributed by atoms with Gasteiger partial charge in [-0.1, -0.05) is 38.3 Å². The molecule has 0 radical (unpaired) electrons. The summed E-state index contributed by atoms with van der Waals surface area (Å²) in [5, 5.41) is 1.06. The van der Waals surface area contributed by atoms with Crippen LogP contribution in [-0.2, 0) is 25.9 Å². The molecule has 30 heavy (non-hydrogen) atoms. The Morgan fingerprint density at radius 2 is 1.77 bits per heavy atom. The fraction of sp³-hybridized carbons (Fsp3) is 0.423. The Kier molecular flexibility index (Phi) is 6.51. The van der Waals surface area contributed by atoms with Gasteiger partial charge >= 0.3 is 5.63 Å². The van der Waals surface area contributed by atoms with E-state index in [0.29, 0.717) is 12.2 Å². The van der Waals surface area contributed by atoms with Crippen LogP contribution in [0.15, 0.2) is 45.6 Å². The monoisotopic (exact) mass is 408 g/mol. The molecule has 4 heteroatoms. The lowest BCUT2D eigenvalue weighted by Crippen LogP contribution is -2.16. The first kappa shape index (κ1) is 20.6. The maximum atomic E-state index is 13.2. The maximum absolute atomic E-state index is 13.2. The minimum Gasteiger partial charge on any atom is -0.488 e. The molecule has 4 rings (SSSR count). The molecule has 3 nitrogen and oxygen atoms in total. The van der Waals surface area contributed by atoms with Gasteiger partial charge < -0.3 is 9.15 Å². The van der Waals surface area contributed by atoms with Crippen LogP contribution in [0.1, 0.15) is 67.7 Å². The van der Waals surface area contributed by atoms with Crippen molar-refractivity contribution in [1.82, 2.24) is 0 Å². The van der Waals surface area contributed by atoms with Crippen LogP contribution in [0.3, 0.4) is 0 Å². The number of unbranched alkanes of at least 4 members (excludes halogenated alkanes) is 3. The zero-order valence-electron chi connectivity index (χ0n) is 17.6. The van der Waals surface area contributed by atoms with E-state index in [1.807, 2.05) is 6.07 Å². The fourth-order valence-electron chi connectivity index (χ4n) is 4.33. The maximum Gasteiger partial charge on any atom is 0.339 e. The van der Waals surface area contributed by atoms with E-state index in [9.17, 15) is 9.18 Å². The van der Waals surface area contributed by atoms with Crippen LogP contribution in [0.4, 0.5) is 4.39 Å². The topological polar surface area (TPSA) is 39.4 Å². The van der Waals surface area contributed by atoms with Crippen LogP contribution in [0.25, 0.3) is 11.0 Å². The number of halogens is 1. The first-order valence-electron chi connectivity index (χ1n) is 11.1. The normalized spacial score (nSPS) is 13.4. The van der Waals surface area contributed by atoms with Crippen LogP contribution in [0.5, 0.6) is 5.75 Å². The van der Waals surface area contributed by atoms with Crippen LogP contribution in [0, 0.1) is 5.82 Å². The van der Waals surface area contributed by atoms with Crippen molar-refractivity contribution in [2.24, 2.45) is 0 Å². The number of rotatable bonds is 8. The average molecular weight is 409 g/mol. The second-order valence-electron chi connectivity index (χ2n) is 8.24. The molecule has 158 valence electrons. The van der Waals surface area contributed by atoms with Crippen molar-refractivity contribution in [2.45, 2.75) is 71.3 Å². The summed E-state index contributed by atoms with van der Waals surface area (Å²) >= 11 is 0. The third kappa shape index (κ3) is 4.58. The van der Waals surface area contributed by atoms with Gasteiger partial charge in [-0.2, -0.15) is 0 Å². The number of hydrogen-bond donors (Lipinski definition) is 0. The highest BCUT2D eigenvalue weighted by Gasteiger charge is 2.20. The number of hydrogen-bond acceptors (Lipinski definition) is 3. The number of aryl methyl sites for hydroxylation is 2. The van der Waals surface area contributed by atoms with Crippen molar-refractivity contribution in [3.05, 3.63) is 74.9 Å². The van der Waals surface area contributed by atoms with Crippen molar-refractivity contribution in [3.8, 4) is 5.75 Å². The van der Waals surface area contributed by atoms with E-state index in [-0.39, 0.29) is 11.4 Å². The number of benzene rings is 2. The van der Waals surface area contributed by atoms with Gasteiger partial charge in [-0.05, 0) is 73.4 Å². The zero-order chi connectivity index (χ0) is 20.9. The van der Waals surface area contributed by atoms with Crippen molar-refractivity contribution in [3.63, 3.8) is 0 Å². The smallest absolute Gasteiger partial charge is 0.339 e. The SMILES string of the molecule is CCCCCCc1cc2c3c(c(=O)oc2cc1OCc1ccc(F)cc1)CCCC3. The molecule has 0 fully saturated rings. The first-order valence-corrected chi connectivity index (χ1v) is 11.1. The molecule has 0 unspecified atom stereocenters. The van der Waals surface area contributed by atoms with Gasteiger partial charge in [0.25, 0.3) is 0 Å². The molecular weight excluding hydrogens is 379 g/mol. The average Bonchev–Trinajstić information content (AvgIpc) is 2.77. The van der Waals surface area contributed by atoms with E-state index < -0.39 is 0 Å². The Morgan fingerprint density at radius 1 is 1.00 bits per heavy atom. The van der Waals surface area contributed by atoms with Crippen molar-refractivity contribution >= 4 is 11.0 Å². The summed E-state index contributed by atoms with van der Waals surface area (Å²) in [6, 6.07) is 10.4. The number of ether oxygens (including phenoxy) is 1. The molecule has 0 amide bonds. The van der Waals surface area contributed by atoms with Crippen LogP contribution >= 0.6 is 0 Å². The van der Waals surface area contributed by atoms with Crippen LogP contribution in [0.2, 0.25) is 0 Å². The molecule has 3 aromatic rings. The lowest BCUT2D eigenvalue weighted by molar-refractivity contribution is 0.302. The molecule has 0 saturated carbocycles. The Hall–Kier alpha value is -2.62. The van der Waals surface area contributed by atoms with E-state index in [4.69, 9.17) is 9.15 Å². The molecular formula is C26H29FO3. The molecule has 0 atom stereocenters. The third-order valence-electron chi connectivity index (χ3n) is 6.01. The zero-order valence-corrected chi connectivity index (χ0v) is 17.6. The van der Waals surface area contributed by atoms with Gasteiger partial charge in [-0.15, -0.1) is 0 Å². The molecule has 1 heterocycles. The molecule has 0 aliphatic heterocycles. The summed E-state index contributed by atoms with van der Waals surface area (Å²) in [5.74, 6) is 0.495. The lowest BCUT2D eigenvalue weighted by atomic mass is 9.89. The third-order valence-corrected chi connectivity index (χ3v) is 6.01. The Morgan fingerprint density at radius 3 is 2.53 bits per heavy atom. The largest absolute Gasteiger partial charge is 0.488 e. The van der Waals surface area contributed by atoms with Crippen LogP contribution < -0.4 is 10.4 Å². The van der Waals surface area contributed by atoms with E-state index in [0.717, 1.165) is 71.9 Å². The van der Waals surface area contributed by atoms with Gasteiger partial charge in [0.05, 0.1) is 0 Å². The summed E-state index contributed by atoms with van der Waals surface area (Å²) in [7, 11) is 0. The lowest BCUT2D eigenvalue weighted by Gasteiger charge is -2.18. The van der Waals surface area contributed by atoms with Crippen molar-refractivity contribution in [2.75, 3.05) is 0 Å². The predicted molar refractivity (Wildman–Crippen MR) is 118 cm³/mol. The second kappa shape index (κ2) is 9.46. The Bertz CT molecular complexity index is 1070. The van der Waals surface area contributed by atoms with E-state index in [1.54, 1.807) is 12.1 Å². The van der Waals surface area contributed by atoms with Gasteiger partial charge in [0, 0.05) is 17.0 Å². The summed E-state index contributed by atoms with van der Waals surface area (Å²) in [4.78, 5) is 12.5. The van der Waals surface area contributed by atoms with E-state index in [1.165, 1.54) is 31.4 Å². The fourth-order valence-corrected chi connectivity index (χ4v) is 4.33. The second-order valence-corrected chi connectivity index (χ2v) is 8.24. The highest BCUT2D eigenvalue weighted by Crippen LogP contribution is 2.33. The summed E-state index contributed by atoms with van der Waals surface area (Å²) in [6.45, 7) is 2.56. The molecule has 0 spiro atoms. The highest BCUT2D eigenvalue weighted by molar-refractivity contribution is 5.84. The van der Waals surface area contributed by atoms with Gasteiger partial charge in [-0.25, -0.2) is 9.18 Å². The van der Waals surface area contributed by atoms with Gasteiger partial charge in [0.2, 0.25) is 0 Å². The van der Waals surface area contributed by atoms with Gasteiger partial charge in [0.1, 0.15) is 23.8 Å². The molecule has 1 aromatic heterocycles. The molecule has 1 aliphatic carbocycles. The van der Waals surface area contributed by atoms with Gasteiger partial charge in [-0.3, -0.25) is 0 Å². The summed E-state index contributed by atoms with van der Waals surface area (Å²) < 4.78 is 25.0. The minimum atomic E-state index is -0.257. The quantitative estimate of drug-likeness (QED) is 0.315. The standard InChI is InChI=1S/C26H29FO3/c1-2-3-4-5-8-19-15-23-21-9-6-7-10-22(21)26(28)30-25(23)16-24(19)29-17-18-11-13-20(27)14-12-18/h11-16H,2-10,17H2,1H3. The Balaban J connectivity index is 1.68. The molecule has 1 aliphatic rings. The molecule has 0 saturated heterocycles. The molecule has 2 aromatic carbocycles. The number of fused-ring (bicyclic) bond motifs is 3. The minimum absolute atomic E-state index is 0.211.